The Hall–Kier alpha value is -3.39. The van der Waals surface area contributed by atoms with Crippen molar-refractivity contribution in [3.05, 3.63) is 58.9 Å². The number of benzene rings is 2. The number of carbonyl (C=O) groups is 2. The van der Waals surface area contributed by atoms with Gasteiger partial charge in [-0.05, 0) is 57.2 Å². The molecule has 2 aromatic carbocycles. The predicted octanol–water partition coefficient (Wildman–Crippen LogP) is 5.01. The molecule has 1 aromatic heterocycles. The van der Waals surface area contributed by atoms with Crippen molar-refractivity contribution in [3.63, 3.8) is 0 Å². The van der Waals surface area contributed by atoms with Crippen LogP contribution in [0.2, 0.25) is 0 Å². The van der Waals surface area contributed by atoms with Crippen LogP contribution in [0.4, 0.5) is 10.5 Å². The van der Waals surface area contributed by atoms with Gasteiger partial charge in [-0.1, -0.05) is 29.8 Å². The van der Waals surface area contributed by atoms with Crippen molar-refractivity contribution in [2.45, 2.75) is 64.0 Å². The van der Waals surface area contributed by atoms with E-state index >= 15 is 0 Å². The summed E-state index contributed by atoms with van der Waals surface area (Å²) in [7, 11) is 1.40. The molecule has 1 saturated heterocycles. The third-order valence-electron chi connectivity index (χ3n) is 7.56. The van der Waals surface area contributed by atoms with Crippen molar-refractivity contribution < 1.29 is 24.2 Å². The second kappa shape index (κ2) is 9.93. The molecule has 0 bridgehead atoms. The standard InChI is InChI=1S/C28H33N3O5/c1-17-6-9-19(10-7-17)22(27(32)33)15-25-29-26-21-11-8-18(2)30(28(34)35-3)23(21)12-13-24(26)31(25)20-5-4-14-36-16-20/h6-7,9-10,12-13,18,20,22H,4-5,8,11,14-16H2,1-3H3,(H,32,33)/t18-,20+,22-/m0/s1. The lowest BCUT2D eigenvalue weighted by molar-refractivity contribution is -0.138. The second-order valence-electron chi connectivity index (χ2n) is 9.93. The van der Waals surface area contributed by atoms with Gasteiger partial charge in [0.05, 0.1) is 42.4 Å². The molecule has 0 spiro atoms. The average molecular weight is 492 g/mol. The number of hydrogen-bond acceptors (Lipinski definition) is 5. The molecule has 8 nitrogen and oxygen atoms in total. The lowest BCUT2D eigenvalue weighted by atomic mass is 9.94. The summed E-state index contributed by atoms with van der Waals surface area (Å²) < 4.78 is 13.1. The Morgan fingerprint density at radius 2 is 1.97 bits per heavy atom. The summed E-state index contributed by atoms with van der Waals surface area (Å²) in [5.41, 5.74) is 5.48. The molecule has 36 heavy (non-hydrogen) atoms. The molecule has 3 atom stereocenters. The number of imidazole rings is 1. The molecule has 1 N–H and O–H groups in total. The Morgan fingerprint density at radius 3 is 2.64 bits per heavy atom. The number of fused-ring (bicyclic) bond motifs is 3. The maximum Gasteiger partial charge on any atom is 0.414 e. The van der Waals surface area contributed by atoms with Crippen molar-refractivity contribution in [3.8, 4) is 0 Å². The van der Waals surface area contributed by atoms with E-state index in [1.54, 1.807) is 4.90 Å². The number of hydrogen-bond donors (Lipinski definition) is 1. The zero-order valence-corrected chi connectivity index (χ0v) is 21.1. The quantitative estimate of drug-likeness (QED) is 0.539. The van der Waals surface area contributed by atoms with Crippen LogP contribution in [0.3, 0.4) is 0 Å². The third-order valence-corrected chi connectivity index (χ3v) is 7.56. The molecule has 0 aliphatic carbocycles. The number of ether oxygens (including phenoxy) is 2. The average Bonchev–Trinajstić information content (AvgIpc) is 3.26. The third kappa shape index (κ3) is 4.34. The number of anilines is 1. The molecule has 190 valence electrons. The Bertz CT molecular complexity index is 1280. The van der Waals surface area contributed by atoms with Gasteiger partial charge < -0.3 is 19.1 Å². The zero-order chi connectivity index (χ0) is 25.4. The molecule has 2 aliphatic heterocycles. The smallest absolute Gasteiger partial charge is 0.414 e. The van der Waals surface area contributed by atoms with Crippen molar-refractivity contribution in [1.82, 2.24) is 9.55 Å². The summed E-state index contributed by atoms with van der Waals surface area (Å²) in [6.45, 7) is 5.32. The van der Waals surface area contributed by atoms with E-state index in [1.165, 1.54) is 7.11 Å². The minimum absolute atomic E-state index is 0.0219. The second-order valence-corrected chi connectivity index (χ2v) is 9.93. The maximum atomic E-state index is 12.6. The van der Waals surface area contributed by atoms with Gasteiger partial charge in [0.25, 0.3) is 0 Å². The number of carboxylic acids is 1. The number of nitrogens with zero attached hydrogens (tertiary/aromatic N) is 3. The van der Waals surface area contributed by atoms with Crippen LogP contribution in [0.5, 0.6) is 0 Å². The predicted molar refractivity (Wildman–Crippen MR) is 137 cm³/mol. The molecule has 3 aromatic rings. The number of rotatable bonds is 5. The highest BCUT2D eigenvalue weighted by molar-refractivity contribution is 5.95. The first-order chi connectivity index (χ1) is 17.4. The van der Waals surface area contributed by atoms with Gasteiger partial charge in [-0.25, -0.2) is 9.78 Å². The van der Waals surface area contributed by atoms with Crippen LogP contribution in [0.15, 0.2) is 36.4 Å². The largest absolute Gasteiger partial charge is 0.481 e. The highest BCUT2D eigenvalue weighted by Crippen LogP contribution is 2.39. The molecule has 0 radical (unpaired) electrons. The molecule has 0 unspecified atom stereocenters. The van der Waals surface area contributed by atoms with Crippen LogP contribution in [0.1, 0.15) is 60.7 Å². The van der Waals surface area contributed by atoms with Crippen LogP contribution >= 0.6 is 0 Å². The molecular formula is C28H33N3O5. The van der Waals surface area contributed by atoms with Gasteiger partial charge in [-0.3, -0.25) is 9.69 Å². The van der Waals surface area contributed by atoms with Gasteiger partial charge in [-0.15, -0.1) is 0 Å². The number of aliphatic carboxylic acids is 1. The first-order valence-corrected chi connectivity index (χ1v) is 12.7. The van der Waals surface area contributed by atoms with E-state index in [9.17, 15) is 14.7 Å². The van der Waals surface area contributed by atoms with E-state index in [2.05, 4.69) is 4.57 Å². The van der Waals surface area contributed by atoms with Crippen molar-refractivity contribution >= 4 is 28.8 Å². The molecule has 0 saturated carbocycles. The molecule has 1 fully saturated rings. The van der Waals surface area contributed by atoms with Gasteiger partial charge in [0.2, 0.25) is 0 Å². The number of aryl methyl sites for hydroxylation is 2. The summed E-state index contributed by atoms with van der Waals surface area (Å²) in [4.78, 5) is 31.8. The Balaban J connectivity index is 1.64. The van der Waals surface area contributed by atoms with Crippen LogP contribution < -0.4 is 4.90 Å². The first kappa shape index (κ1) is 24.3. The van der Waals surface area contributed by atoms with E-state index < -0.39 is 11.9 Å². The Morgan fingerprint density at radius 1 is 1.19 bits per heavy atom. The van der Waals surface area contributed by atoms with Gasteiger partial charge in [0.15, 0.2) is 0 Å². The number of carboxylic acid groups (broad SMARTS) is 1. The Labute approximate surface area is 210 Å². The monoisotopic (exact) mass is 491 g/mol. The zero-order valence-electron chi connectivity index (χ0n) is 21.1. The molecule has 5 rings (SSSR count). The van der Waals surface area contributed by atoms with Crippen LogP contribution in [-0.4, -0.2) is 53.1 Å². The van der Waals surface area contributed by atoms with Crippen molar-refractivity contribution in [2.75, 3.05) is 25.2 Å². The molecular weight excluding hydrogens is 458 g/mol. The number of aromatic nitrogens is 2. The minimum atomic E-state index is -0.870. The van der Waals surface area contributed by atoms with Gasteiger partial charge in [0.1, 0.15) is 5.82 Å². The maximum absolute atomic E-state index is 12.6. The van der Waals surface area contributed by atoms with Gasteiger partial charge in [-0.2, -0.15) is 0 Å². The highest BCUT2D eigenvalue weighted by atomic mass is 16.5. The normalized spacial score (nSPS) is 20.7. The van der Waals surface area contributed by atoms with E-state index in [1.807, 2.05) is 50.2 Å². The van der Waals surface area contributed by atoms with Crippen LogP contribution in [0.25, 0.3) is 11.0 Å². The SMILES string of the molecule is COC(=O)N1c2ccc3c(nc(C[C@H](C(=O)O)c4ccc(C)cc4)n3[C@@H]3CCCOC3)c2CC[C@@H]1C. The summed E-state index contributed by atoms with van der Waals surface area (Å²) in [5.74, 6) is -0.844. The molecule has 3 heterocycles. The van der Waals surface area contributed by atoms with E-state index in [0.717, 1.165) is 71.5 Å². The number of carbonyl (C=O) groups excluding carboxylic acids is 1. The highest BCUT2D eigenvalue weighted by Gasteiger charge is 2.33. The number of methoxy groups -OCH3 is 1. The summed E-state index contributed by atoms with van der Waals surface area (Å²) in [5, 5.41) is 10.2. The molecule has 2 aliphatic rings. The number of amides is 1. The summed E-state index contributed by atoms with van der Waals surface area (Å²) in [6, 6.07) is 11.8. The van der Waals surface area contributed by atoms with E-state index in [0.29, 0.717) is 6.61 Å². The van der Waals surface area contributed by atoms with Crippen molar-refractivity contribution in [2.24, 2.45) is 0 Å². The van der Waals surface area contributed by atoms with Crippen LogP contribution in [-0.2, 0) is 27.1 Å². The van der Waals surface area contributed by atoms with Crippen LogP contribution in [0, 0.1) is 6.92 Å². The lowest BCUT2D eigenvalue weighted by Crippen LogP contribution is -2.42. The first-order valence-electron chi connectivity index (χ1n) is 12.7. The van der Waals surface area contributed by atoms with Gasteiger partial charge in [0, 0.05) is 24.6 Å². The fourth-order valence-electron chi connectivity index (χ4n) is 5.63. The minimum Gasteiger partial charge on any atom is -0.481 e. The van der Waals surface area contributed by atoms with Gasteiger partial charge >= 0.3 is 12.1 Å². The fraction of sp³-hybridized carbons (Fsp3) is 0.464. The molecule has 1 amide bonds. The topological polar surface area (TPSA) is 93.9 Å². The summed E-state index contributed by atoms with van der Waals surface area (Å²) >= 11 is 0. The molecule has 8 heteroatoms. The summed E-state index contributed by atoms with van der Waals surface area (Å²) in [6.07, 6.45) is 3.38. The van der Waals surface area contributed by atoms with Crippen molar-refractivity contribution in [1.29, 1.82) is 0 Å². The Kier molecular flexibility index (Phi) is 6.71. The lowest BCUT2D eigenvalue weighted by Gasteiger charge is -2.34. The van der Waals surface area contributed by atoms with E-state index in [4.69, 9.17) is 14.5 Å². The van der Waals surface area contributed by atoms with E-state index in [-0.39, 0.29) is 24.6 Å². The fourth-order valence-corrected chi connectivity index (χ4v) is 5.63.